The highest BCUT2D eigenvalue weighted by molar-refractivity contribution is 9.10. The van der Waals surface area contributed by atoms with Gasteiger partial charge in [-0.25, -0.2) is 4.79 Å². The standard InChI is InChI=1S/C23H21BrF3N3O2/c1-14(16-3-2-4-17(11-16)23(25,26)27)28-21(31)13-29-12-20(15-5-7-18(24)8-6-15)30(22(29)32)19-9-10-19/h2-8,11-12,14,19H,9-10,13H2,1H3,(H,28,31). The van der Waals surface area contributed by atoms with Crippen LogP contribution >= 0.6 is 15.9 Å². The van der Waals surface area contributed by atoms with Crippen LogP contribution in [0.15, 0.2) is 64.0 Å². The average Bonchev–Trinajstić information content (AvgIpc) is 3.52. The third-order valence-corrected chi connectivity index (χ3v) is 5.98. The summed E-state index contributed by atoms with van der Waals surface area (Å²) in [7, 11) is 0. The molecule has 1 aliphatic carbocycles. The number of rotatable bonds is 6. The SMILES string of the molecule is CC(NC(=O)Cn1cc(-c2ccc(Br)cc2)n(C2CC2)c1=O)c1cccc(C(F)(F)F)c1. The minimum atomic E-state index is -4.46. The molecule has 4 rings (SSSR count). The van der Waals surface area contributed by atoms with E-state index in [1.807, 2.05) is 24.3 Å². The quantitative estimate of drug-likeness (QED) is 0.491. The first-order valence-corrected chi connectivity index (χ1v) is 11.0. The van der Waals surface area contributed by atoms with Crippen molar-refractivity contribution in [3.63, 3.8) is 0 Å². The molecule has 1 amide bonds. The zero-order valence-corrected chi connectivity index (χ0v) is 18.8. The minimum absolute atomic E-state index is 0.120. The van der Waals surface area contributed by atoms with Gasteiger partial charge in [0.05, 0.1) is 17.3 Å². The van der Waals surface area contributed by atoms with Gasteiger partial charge in [-0.2, -0.15) is 13.2 Å². The van der Waals surface area contributed by atoms with Crippen LogP contribution in [0.2, 0.25) is 0 Å². The van der Waals surface area contributed by atoms with Crippen LogP contribution < -0.4 is 11.0 Å². The monoisotopic (exact) mass is 507 g/mol. The molecule has 1 aliphatic rings. The Balaban J connectivity index is 1.53. The highest BCUT2D eigenvalue weighted by Crippen LogP contribution is 2.37. The number of alkyl halides is 3. The Kier molecular flexibility index (Phi) is 6.03. The number of benzene rings is 2. The number of amides is 1. The van der Waals surface area contributed by atoms with Crippen LogP contribution in [0.4, 0.5) is 13.2 Å². The third-order valence-electron chi connectivity index (χ3n) is 5.45. The maximum absolute atomic E-state index is 13.0. The van der Waals surface area contributed by atoms with E-state index in [-0.39, 0.29) is 18.3 Å². The summed E-state index contributed by atoms with van der Waals surface area (Å²) < 4.78 is 42.9. The molecule has 1 aromatic heterocycles. The lowest BCUT2D eigenvalue weighted by Crippen LogP contribution is -2.34. The van der Waals surface area contributed by atoms with Crippen molar-refractivity contribution in [1.29, 1.82) is 0 Å². The Morgan fingerprint density at radius 2 is 1.88 bits per heavy atom. The molecule has 9 heteroatoms. The second-order valence-electron chi connectivity index (χ2n) is 7.95. The van der Waals surface area contributed by atoms with Crippen molar-refractivity contribution in [2.24, 2.45) is 0 Å². The molecule has 0 aliphatic heterocycles. The highest BCUT2D eigenvalue weighted by atomic mass is 79.9. The first-order chi connectivity index (χ1) is 15.1. The van der Waals surface area contributed by atoms with Gasteiger partial charge in [-0.1, -0.05) is 40.2 Å². The summed E-state index contributed by atoms with van der Waals surface area (Å²) >= 11 is 3.40. The molecule has 168 valence electrons. The summed E-state index contributed by atoms with van der Waals surface area (Å²) in [5, 5.41) is 2.69. The number of hydrogen-bond acceptors (Lipinski definition) is 2. The first kappa shape index (κ1) is 22.4. The molecule has 1 saturated carbocycles. The largest absolute Gasteiger partial charge is 0.416 e. The molecule has 0 radical (unpaired) electrons. The molecule has 0 bridgehead atoms. The van der Waals surface area contributed by atoms with Gasteiger partial charge in [0, 0.05) is 16.7 Å². The summed E-state index contributed by atoms with van der Waals surface area (Å²) in [6.45, 7) is 1.39. The molecule has 3 aromatic rings. The molecule has 32 heavy (non-hydrogen) atoms. The number of nitrogens with zero attached hydrogens (tertiary/aromatic N) is 2. The fourth-order valence-corrected chi connectivity index (χ4v) is 3.91. The lowest BCUT2D eigenvalue weighted by atomic mass is 10.0. The van der Waals surface area contributed by atoms with Gasteiger partial charge in [0.25, 0.3) is 0 Å². The number of nitrogens with one attached hydrogen (secondary N) is 1. The van der Waals surface area contributed by atoms with Gasteiger partial charge in [0.15, 0.2) is 0 Å². The maximum atomic E-state index is 13.0. The van der Waals surface area contributed by atoms with E-state index in [2.05, 4.69) is 21.2 Å². The van der Waals surface area contributed by atoms with Crippen molar-refractivity contribution in [2.45, 2.75) is 44.6 Å². The van der Waals surface area contributed by atoms with Gasteiger partial charge in [0.1, 0.15) is 6.54 Å². The van der Waals surface area contributed by atoms with Crippen molar-refractivity contribution in [1.82, 2.24) is 14.5 Å². The number of carbonyl (C=O) groups excluding carboxylic acids is 1. The second kappa shape index (κ2) is 8.61. The number of carbonyl (C=O) groups is 1. The van der Waals surface area contributed by atoms with Crippen LogP contribution in [-0.4, -0.2) is 15.0 Å². The molecule has 1 heterocycles. The van der Waals surface area contributed by atoms with Gasteiger partial charge in [0.2, 0.25) is 5.91 Å². The normalized spacial score (nSPS) is 14.9. The Morgan fingerprint density at radius 3 is 2.50 bits per heavy atom. The van der Waals surface area contributed by atoms with E-state index in [0.29, 0.717) is 5.56 Å². The topological polar surface area (TPSA) is 56.0 Å². The van der Waals surface area contributed by atoms with Crippen LogP contribution in [0.3, 0.4) is 0 Å². The number of aromatic nitrogens is 2. The van der Waals surface area contributed by atoms with Gasteiger partial charge in [-0.15, -0.1) is 0 Å². The zero-order valence-electron chi connectivity index (χ0n) is 17.2. The Hall–Kier alpha value is -2.81. The van der Waals surface area contributed by atoms with E-state index in [4.69, 9.17) is 0 Å². The maximum Gasteiger partial charge on any atom is 0.416 e. The summed E-state index contributed by atoms with van der Waals surface area (Å²) in [5.41, 5.74) is 0.907. The molecule has 1 atom stereocenters. The van der Waals surface area contributed by atoms with Crippen LogP contribution in [0, 0.1) is 0 Å². The third kappa shape index (κ3) is 4.82. The summed E-state index contributed by atoms with van der Waals surface area (Å²) in [6.07, 6.45) is -0.973. The van der Waals surface area contributed by atoms with Crippen LogP contribution in [-0.2, 0) is 17.5 Å². The number of imidazole rings is 1. The van der Waals surface area contributed by atoms with Gasteiger partial charge in [-0.05, 0) is 55.2 Å². The fourth-order valence-electron chi connectivity index (χ4n) is 3.65. The van der Waals surface area contributed by atoms with Crippen LogP contribution in [0.1, 0.15) is 43.0 Å². The Bertz CT molecular complexity index is 1190. The summed E-state index contributed by atoms with van der Waals surface area (Å²) in [4.78, 5) is 25.6. The van der Waals surface area contributed by atoms with Crippen molar-refractivity contribution < 1.29 is 18.0 Å². The lowest BCUT2D eigenvalue weighted by Gasteiger charge is -2.16. The predicted molar refractivity (Wildman–Crippen MR) is 118 cm³/mol. The second-order valence-corrected chi connectivity index (χ2v) is 8.86. The van der Waals surface area contributed by atoms with E-state index in [1.54, 1.807) is 17.7 Å². The first-order valence-electron chi connectivity index (χ1n) is 10.2. The molecule has 2 aromatic carbocycles. The van der Waals surface area contributed by atoms with E-state index in [9.17, 15) is 22.8 Å². The van der Waals surface area contributed by atoms with Crippen molar-refractivity contribution in [2.75, 3.05) is 0 Å². The van der Waals surface area contributed by atoms with E-state index < -0.39 is 23.7 Å². The minimum Gasteiger partial charge on any atom is -0.348 e. The smallest absolute Gasteiger partial charge is 0.348 e. The molecule has 1 N–H and O–H groups in total. The molecular weight excluding hydrogens is 487 g/mol. The van der Waals surface area contributed by atoms with Crippen molar-refractivity contribution in [3.8, 4) is 11.3 Å². The highest BCUT2D eigenvalue weighted by Gasteiger charge is 2.31. The molecule has 1 fully saturated rings. The fraction of sp³-hybridized carbons (Fsp3) is 0.304. The molecule has 5 nitrogen and oxygen atoms in total. The van der Waals surface area contributed by atoms with Gasteiger partial charge in [-0.3, -0.25) is 13.9 Å². The zero-order chi connectivity index (χ0) is 23.0. The molecule has 0 spiro atoms. The van der Waals surface area contributed by atoms with Crippen molar-refractivity contribution >= 4 is 21.8 Å². The van der Waals surface area contributed by atoms with Crippen LogP contribution in [0.5, 0.6) is 0 Å². The average molecular weight is 508 g/mol. The summed E-state index contributed by atoms with van der Waals surface area (Å²) in [6, 6.07) is 11.9. The Labute approximate surface area is 191 Å². The number of halogens is 4. The van der Waals surface area contributed by atoms with Gasteiger partial charge >= 0.3 is 11.9 Å². The van der Waals surface area contributed by atoms with E-state index in [0.717, 1.165) is 40.7 Å². The van der Waals surface area contributed by atoms with E-state index in [1.165, 1.54) is 16.7 Å². The van der Waals surface area contributed by atoms with E-state index >= 15 is 0 Å². The predicted octanol–water partition coefficient (Wildman–Crippen LogP) is 5.31. The Morgan fingerprint density at radius 1 is 1.19 bits per heavy atom. The van der Waals surface area contributed by atoms with Gasteiger partial charge < -0.3 is 5.32 Å². The van der Waals surface area contributed by atoms with Crippen LogP contribution in [0.25, 0.3) is 11.3 Å². The number of hydrogen-bond donors (Lipinski definition) is 1. The molecular formula is C23H21BrF3N3O2. The van der Waals surface area contributed by atoms with Crippen molar-refractivity contribution in [3.05, 3.63) is 80.8 Å². The lowest BCUT2D eigenvalue weighted by molar-refractivity contribution is -0.137. The molecule has 0 saturated heterocycles. The molecule has 1 unspecified atom stereocenters. The summed E-state index contributed by atoms with van der Waals surface area (Å²) in [5.74, 6) is -0.452.